The van der Waals surface area contributed by atoms with Crippen molar-refractivity contribution < 1.29 is 138 Å². The minimum atomic E-state index is -2.18. The van der Waals surface area contributed by atoms with Gasteiger partial charge in [0.25, 0.3) is 23.4 Å². The van der Waals surface area contributed by atoms with Crippen LogP contribution >= 0.6 is 135 Å². The maximum atomic E-state index is 14.2. The fourth-order valence-corrected chi connectivity index (χ4v) is 14.6. The number of hydrogen-bond acceptors (Lipinski definition) is 30. The molecule has 10 rings (SSSR count). The lowest BCUT2D eigenvalue weighted by Crippen LogP contribution is -2.46. The molecule has 2 amide bonds. The van der Waals surface area contributed by atoms with Crippen LogP contribution < -0.4 is 20.1 Å². The number of amides is 2. The van der Waals surface area contributed by atoms with Gasteiger partial charge in [-0.05, 0) is 39.8 Å². The van der Waals surface area contributed by atoms with Gasteiger partial charge in [0.1, 0.15) is 58.9 Å². The van der Waals surface area contributed by atoms with E-state index in [9.17, 15) is 110 Å². The smallest absolute Gasteiger partial charge is 0.312 e. The van der Waals surface area contributed by atoms with Crippen LogP contribution in [0.2, 0.25) is 0 Å². The molecule has 0 spiro atoms. The SMILES string of the molecule is C.C.CO[C@H]1/C=C/O[C@@]2(C)Oc3c(C)c(O)c4c(O)c(c([C@H](O)C[N+](=O)[O-])c(O)c4c3C2=O)NC(=O)/C(C)=C\C=C\[C@H](C)[C@H](O)[C@@H](C)[C@@H](O)[C@@H](C)[C@H](OC(C)=O)[C@@H]1C.CO[C@H]1/C=C/O[C@@]2(C)Oc3c(C)c(O)c4c(O)c(c([C@H](O)C[N+](=O)[O-])c(O)c4c3C2=O)NC(=O)/C(C)=C\C=C\[C@H](C)[C@H](O)[C@@H](C)[C@@H](O)[C@@H](C)[C@H](OC(C)=O)[C@@H]1C.S.S.S.S.S.S.S.S.S.S. The summed E-state index contributed by atoms with van der Waals surface area (Å²) < 4.78 is 46.3. The summed E-state index contributed by atoms with van der Waals surface area (Å²) in [7, 11) is 2.76. The molecule has 0 aromatic heterocycles. The molecule has 4 aromatic rings. The Bertz CT molecular complexity index is 4310. The van der Waals surface area contributed by atoms with E-state index in [0.717, 1.165) is 12.5 Å². The van der Waals surface area contributed by atoms with Gasteiger partial charge in [0.15, 0.2) is 11.5 Å². The number of ether oxygens (including phenoxy) is 8. The van der Waals surface area contributed by atoms with Crippen molar-refractivity contribution in [3.05, 3.63) is 126 Å². The number of aliphatic hydroxyl groups is 6. The second kappa shape index (κ2) is 52.5. The Morgan fingerprint density at radius 3 is 1.02 bits per heavy atom. The Balaban J connectivity index is -0.000000512. The summed E-state index contributed by atoms with van der Waals surface area (Å²) in [6, 6.07) is 0. The van der Waals surface area contributed by atoms with Crippen LogP contribution in [0.1, 0.15) is 167 Å². The average Bonchev–Trinajstić information content (AvgIpc) is 1.50. The van der Waals surface area contributed by atoms with E-state index >= 15 is 0 Å². The van der Waals surface area contributed by atoms with Gasteiger partial charge < -0.3 is 110 Å². The number of nitro groups is 2. The number of hydrogen-bond donors (Lipinski definition) is 14. The van der Waals surface area contributed by atoms with Crippen LogP contribution in [0.4, 0.5) is 11.4 Å². The van der Waals surface area contributed by atoms with Crippen molar-refractivity contribution in [1.29, 1.82) is 0 Å². The Morgan fingerprint density at radius 1 is 0.468 bits per heavy atom. The number of nitrogens with zero attached hydrogens (tertiary/aromatic N) is 2. The molecular weight excluding hydrogens is 1820 g/mol. The number of Topliss-reactive ketones (excluding diaryl/α,β-unsaturated/α-hetero) is 2. The number of phenols is 6. The van der Waals surface area contributed by atoms with E-state index in [1.54, 1.807) is 67.5 Å². The van der Waals surface area contributed by atoms with Crippen LogP contribution in [0.25, 0.3) is 21.5 Å². The highest BCUT2D eigenvalue weighted by Crippen LogP contribution is 2.59. The minimum Gasteiger partial charge on any atom is -0.507 e. The first kappa shape index (κ1) is 128. The summed E-state index contributed by atoms with van der Waals surface area (Å²) in [6.07, 6.45) is 1.30. The predicted octanol–water partition coefficient (Wildman–Crippen LogP) is 10.5. The molecule has 0 fully saturated rings. The zero-order valence-electron chi connectivity index (χ0n) is 70.2. The van der Waals surface area contributed by atoms with Crippen LogP contribution in [-0.2, 0) is 47.6 Å². The standard InChI is InChI=1S/2C39H50N2O15.2CH4.10H2S/c2*1-16-11-10-12-17(2)38(50)40-29-25(23(43)15-41(51)52)33(47)26-27(34(29)48)32(46)21(6)36-28(26)37(49)39(8,56-36)54-14-13-24(53-9)18(3)35(55-22(7)42)20(5)31(45)19(4)30(16)44;;;;;;;;;;;;/h2*10-14,16,18-20,23-24,30-31,35,43-48H,15H2,1-9H3,(H,40,50);2*1H4;10*1H2/b2*11-10+,14-13+,17-12-;;;;;;;;;;;;/t2*16-,18+,19+,20+,23+,24-,30-,31+,35+,39-;;;;;;;;;;;;/m00............/s1. The molecule has 6 heterocycles. The van der Waals surface area contributed by atoms with Crippen LogP contribution in [-0.4, -0.2) is 194 Å². The van der Waals surface area contributed by atoms with E-state index in [0.29, 0.717) is 0 Å². The normalized spacial score (nSPS) is 28.4. The summed E-state index contributed by atoms with van der Waals surface area (Å²) in [5.41, 5.74) is -3.75. The second-order valence-corrected chi connectivity index (χ2v) is 29.3. The van der Waals surface area contributed by atoms with Crippen molar-refractivity contribution in [3.63, 3.8) is 0 Å². The second-order valence-electron chi connectivity index (χ2n) is 29.3. The first-order valence-corrected chi connectivity index (χ1v) is 35.9. The lowest BCUT2D eigenvalue weighted by Gasteiger charge is -2.38. The summed E-state index contributed by atoms with van der Waals surface area (Å²) in [6.45, 7) is 21.4. The first-order chi connectivity index (χ1) is 52.2. The van der Waals surface area contributed by atoms with Gasteiger partial charge in [-0.25, -0.2) is 0 Å². The van der Waals surface area contributed by atoms with Crippen molar-refractivity contribution >= 4 is 203 Å². The fraction of sp³-hybridized carbons (Fsp3) is 0.525. The van der Waals surface area contributed by atoms with E-state index < -0.39 is 268 Å². The minimum absolute atomic E-state index is 0. The number of esters is 2. The number of ketones is 2. The van der Waals surface area contributed by atoms with Gasteiger partial charge in [0.2, 0.25) is 13.1 Å². The summed E-state index contributed by atoms with van der Waals surface area (Å²) in [5.74, 6) is -20.4. The molecule has 0 saturated heterocycles. The lowest BCUT2D eigenvalue weighted by atomic mass is 9.78. The summed E-state index contributed by atoms with van der Waals surface area (Å²) in [4.78, 5) is 101. The Labute approximate surface area is 790 Å². The molecule has 0 unspecified atom stereocenters. The molecule has 20 atom stereocenters. The van der Waals surface area contributed by atoms with E-state index in [-0.39, 0.29) is 184 Å². The Hall–Kier alpha value is -6.96. The summed E-state index contributed by atoms with van der Waals surface area (Å²) in [5, 5.41) is 162. The third-order valence-electron chi connectivity index (χ3n) is 21.4. The van der Waals surface area contributed by atoms with Crippen LogP contribution in [0, 0.1) is 81.4 Å². The number of fused-ring (bicyclic) bond motifs is 28. The topological polar surface area (TPSA) is 529 Å². The van der Waals surface area contributed by atoms with E-state index in [4.69, 9.17) is 37.9 Å². The Morgan fingerprint density at radius 2 is 0.758 bits per heavy atom. The summed E-state index contributed by atoms with van der Waals surface area (Å²) >= 11 is 0. The van der Waals surface area contributed by atoms with Gasteiger partial charge in [-0.1, -0.05) is 107 Å². The molecule has 6 aliphatic heterocycles. The number of anilines is 2. The number of carbonyl (C=O) groups is 6. The van der Waals surface area contributed by atoms with Gasteiger partial charge >= 0.3 is 23.5 Å². The quantitative estimate of drug-likeness (QED) is 0.0231. The highest BCUT2D eigenvalue weighted by atomic mass is 32.1. The molecule has 0 radical (unpaired) electrons. The molecule has 0 saturated carbocycles. The van der Waals surface area contributed by atoms with Crippen molar-refractivity contribution in [2.24, 2.45) is 47.3 Å². The maximum Gasteiger partial charge on any atom is 0.312 e. The number of benzene rings is 4. The van der Waals surface area contributed by atoms with Crippen LogP contribution in [0.5, 0.6) is 46.0 Å². The molecule has 34 nitrogen and oxygen atoms in total. The van der Waals surface area contributed by atoms with E-state index in [2.05, 4.69) is 10.6 Å². The molecular formula is C80H128N4O30S10. The van der Waals surface area contributed by atoms with Crippen LogP contribution in [0.15, 0.2) is 72.3 Å². The van der Waals surface area contributed by atoms with Gasteiger partial charge in [-0.3, -0.25) is 49.0 Å². The third kappa shape index (κ3) is 26.6. The van der Waals surface area contributed by atoms with Crippen molar-refractivity contribution in [3.8, 4) is 46.0 Å². The highest BCUT2D eigenvalue weighted by molar-refractivity contribution is 7.60. The van der Waals surface area contributed by atoms with Crippen LogP contribution in [0.3, 0.4) is 0 Å². The number of aromatic hydroxyl groups is 6. The Kier molecular flexibility index (Phi) is 54.1. The first-order valence-electron chi connectivity index (χ1n) is 35.9. The van der Waals surface area contributed by atoms with E-state index in [1.165, 1.54) is 106 Å². The molecule has 708 valence electrons. The fourth-order valence-electron chi connectivity index (χ4n) is 14.6. The molecule has 0 aliphatic carbocycles. The zero-order valence-corrected chi connectivity index (χ0v) is 80.2. The third-order valence-corrected chi connectivity index (χ3v) is 21.4. The molecule has 4 aromatic carbocycles. The van der Waals surface area contributed by atoms with Crippen molar-refractivity contribution in [1.82, 2.24) is 0 Å². The van der Waals surface area contributed by atoms with E-state index in [1.807, 2.05) is 0 Å². The molecule has 14 N–H and O–H groups in total. The maximum absolute atomic E-state index is 14.2. The number of aliphatic hydroxyl groups excluding tert-OH is 6. The molecule has 6 aliphatic rings. The molecule has 124 heavy (non-hydrogen) atoms. The van der Waals surface area contributed by atoms with Gasteiger partial charge in [0, 0.05) is 132 Å². The number of methoxy groups -OCH3 is 2. The van der Waals surface area contributed by atoms with Gasteiger partial charge in [-0.2, -0.15) is 135 Å². The van der Waals surface area contributed by atoms with Crippen molar-refractivity contribution in [2.75, 3.05) is 37.9 Å². The predicted molar refractivity (Wildman–Crippen MR) is 519 cm³/mol. The lowest BCUT2D eigenvalue weighted by molar-refractivity contribution is -0.491. The number of carbonyl (C=O) groups excluding carboxylic acids is 6. The van der Waals surface area contributed by atoms with Gasteiger partial charge in [-0.15, -0.1) is 0 Å². The molecule has 10 bridgehead atoms. The average molecular weight is 1950 g/mol. The number of phenolic OH excluding ortho intramolecular Hbond substituents is 6. The number of rotatable bonds is 10. The number of nitrogens with one attached hydrogen (secondary N) is 2. The highest BCUT2D eigenvalue weighted by Gasteiger charge is 2.53. The van der Waals surface area contributed by atoms with Crippen molar-refractivity contribution in [2.45, 2.75) is 198 Å². The van der Waals surface area contributed by atoms with Gasteiger partial charge in [0.05, 0.1) is 93.5 Å². The monoisotopic (exact) mass is 1940 g/mol. The largest absolute Gasteiger partial charge is 0.507 e. The zero-order chi connectivity index (χ0) is 84.3. The molecule has 44 heteroatoms. The number of allylic oxidation sites excluding steroid dienone is 4.